The van der Waals surface area contributed by atoms with Crippen LogP contribution in [0.5, 0.6) is 11.5 Å². The molecule has 0 saturated heterocycles. The molecule has 2 N–H and O–H groups in total. The van der Waals surface area contributed by atoms with E-state index in [4.69, 9.17) is 19.6 Å². The van der Waals surface area contributed by atoms with Gasteiger partial charge in [-0.15, -0.1) is 0 Å². The normalized spacial score (nSPS) is 13.0. The Morgan fingerprint density at radius 2 is 2.12 bits per heavy atom. The summed E-state index contributed by atoms with van der Waals surface area (Å²) in [5, 5.41) is 0. The van der Waals surface area contributed by atoms with E-state index in [-0.39, 0.29) is 6.79 Å². The van der Waals surface area contributed by atoms with E-state index in [2.05, 4.69) is 4.98 Å². The summed E-state index contributed by atoms with van der Waals surface area (Å²) in [5.41, 5.74) is 7.20. The third kappa shape index (κ3) is 1.85. The minimum atomic E-state index is 0.267. The first kappa shape index (κ1) is 10.2. The molecule has 2 heterocycles. The lowest BCUT2D eigenvalue weighted by Crippen LogP contribution is -2.02. The van der Waals surface area contributed by atoms with Gasteiger partial charge in [0.15, 0.2) is 11.5 Å². The Morgan fingerprint density at radius 1 is 1.24 bits per heavy atom. The second kappa shape index (κ2) is 4.10. The van der Waals surface area contributed by atoms with E-state index in [0.717, 1.165) is 22.8 Å². The molecule has 1 aromatic heterocycles. The molecule has 0 fully saturated rings. The number of aromatic nitrogens is 1. The summed E-state index contributed by atoms with van der Waals surface area (Å²) in [6.45, 7) is 0.829. The van der Waals surface area contributed by atoms with Gasteiger partial charge in [-0.3, -0.25) is 0 Å². The first-order valence-electron chi connectivity index (χ1n) is 5.41. The van der Waals surface area contributed by atoms with Crippen LogP contribution in [0.2, 0.25) is 0 Å². The average Bonchev–Trinajstić information content (AvgIpc) is 2.96. The van der Waals surface area contributed by atoms with Crippen molar-refractivity contribution in [2.45, 2.75) is 6.42 Å². The van der Waals surface area contributed by atoms with Gasteiger partial charge in [-0.2, -0.15) is 0 Å². The molecule has 0 atom stereocenters. The van der Waals surface area contributed by atoms with Gasteiger partial charge in [0.25, 0.3) is 0 Å². The van der Waals surface area contributed by atoms with E-state index in [9.17, 15) is 0 Å². The molecular weight excluding hydrogens is 220 g/mol. The van der Waals surface area contributed by atoms with Gasteiger partial charge in [0.05, 0.1) is 5.69 Å². The van der Waals surface area contributed by atoms with E-state index in [0.29, 0.717) is 18.9 Å². The molecule has 1 aromatic carbocycles. The Bertz CT molecular complexity index is 536. The quantitative estimate of drug-likeness (QED) is 0.869. The maximum absolute atomic E-state index is 5.46. The van der Waals surface area contributed by atoms with Gasteiger partial charge in [0.2, 0.25) is 12.7 Å². The van der Waals surface area contributed by atoms with Crippen LogP contribution in [0.1, 0.15) is 5.69 Å². The van der Waals surface area contributed by atoms with Gasteiger partial charge in [-0.05, 0) is 24.7 Å². The summed E-state index contributed by atoms with van der Waals surface area (Å²) in [7, 11) is 0. The molecule has 0 saturated carbocycles. The van der Waals surface area contributed by atoms with Crippen LogP contribution in [-0.2, 0) is 6.42 Å². The van der Waals surface area contributed by atoms with E-state index in [1.807, 2.05) is 18.2 Å². The third-order valence-corrected chi connectivity index (χ3v) is 2.57. The highest BCUT2D eigenvalue weighted by molar-refractivity contribution is 5.60. The molecule has 88 valence electrons. The summed E-state index contributed by atoms with van der Waals surface area (Å²) in [5.74, 6) is 2.05. The molecule has 1 aliphatic heterocycles. The first-order chi connectivity index (χ1) is 8.36. The van der Waals surface area contributed by atoms with E-state index in [1.54, 1.807) is 6.26 Å². The Kier molecular flexibility index (Phi) is 2.45. The van der Waals surface area contributed by atoms with Crippen LogP contribution in [0, 0.1) is 0 Å². The Morgan fingerprint density at radius 3 is 3.00 bits per heavy atom. The van der Waals surface area contributed by atoms with Crippen molar-refractivity contribution in [1.29, 1.82) is 0 Å². The molecule has 0 bridgehead atoms. The smallest absolute Gasteiger partial charge is 0.231 e. The lowest BCUT2D eigenvalue weighted by molar-refractivity contribution is 0.174. The number of benzene rings is 1. The highest BCUT2D eigenvalue weighted by atomic mass is 16.7. The Balaban J connectivity index is 1.92. The third-order valence-electron chi connectivity index (χ3n) is 2.57. The van der Waals surface area contributed by atoms with Crippen LogP contribution >= 0.6 is 0 Å². The average molecular weight is 232 g/mol. The fourth-order valence-electron chi connectivity index (χ4n) is 1.73. The van der Waals surface area contributed by atoms with Crippen molar-refractivity contribution in [2.24, 2.45) is 5.73 Å². The van der Waals surface area contributed by atoms with Crippen molar-refractivity contribution in [3.63, 3.8) is 0 Å². The number of rotatable bonds is 3. The molecule has 0 unspecified atom stereocenters. The monoisotopic (exact) mass is 232 g/mol. The van der Waals surface area contributed by atoms with Crippen molar-refractivity contribution in [3.8, 4) is 23.0 Å². The van der Waals surface area contributed by atoms with Gasteiger partial charge in [0.1, 0.15) is 6.26 Å². The van der Waals surface area contributed by atoms with Crippen molar-refractivity contribution < 1.29 is 13.9 Å². The van der Waals surface area contributed by atoms with Gasteiger partial charge >= 0.3 is 0 Å². The zero-order chi connectivity index (χ0) is 11.7. The number of hydrogen-bond donors (Lipinski definition) is 1. The van der Waals surface area contributed by atoms with Crippen molar-refractivity contribution in [3.05, 3.63) is 30.2 Å². The number of nitrogens with zero attached hydrogens (tertiary/aromatic N) is 1. The van der Waals surface area contributed by atoms with E-state index < -0.39 is 0 Å². The molecule has 0 radical (unpaired) electrons. The number of ether oxygens (including phenoxy) is 2. The predicted molar refractivity (Wildman–Crippen MR) is 60.8 cm³/mol. The van der Waals surface area contributed by atoms with Gasteiger partial charge in [-0.25, -0.2) is 4.98 Å². The fourth-order valence-corrected chi connectivity index (χ4v) is 1.73. The van der Waals surface area contributed by atoms with Crippen molar-refractivity contribution in [2.75, 3.05) is 13.3 Å². The lowest BCUT2D eigenvalue weighted by Gasteiger charge is -1.98. The van der Waals surface area contributed by atoms with E-state index >= 15 is 0 Å². The van der Waals surface area contributed by atoms with Crippen LogP contribution in [0.3, 0.4) is 0 Å². The van der Waals surface area contributed by atoms with Crippen LogP contribution < -0.4 is 15.2 Å². The first-order valence-corrected chi connectivity index (χ1v) is 5.41. The minimum Gasteiger partial charge on any atom is -0.454 e. The van der Waals surface area contributed by atoms with Crippen LogP contribution in [-0.4, -0.2) is 18.3 Å². The summed E-state index contributed by atoms with van der Waals surface area (Å²) >= 11 is 0. The predicted octanol–water partition coefficient (Wildman–Crippen LogP) is 1.57. The molecule has 5 nitrogen and oxygen atoms in total. The zero-order valence-electron chi connectivity index (χ0n) is 9.18. The Labute approximate surface area is 98.2 Å². The highest BCUT2D eigenvalue weighted by Gasteiger charge is 2.15. The molecule has 1 aliphatic rings. The Hall–Kier alpha value is -2.01. The summed E-state index contributed by atoms with van der Waals surface area (Å²) in [6, 6.07) is 5.61. The molecule has 0 aliphatic carbocycles. The van der Waals surface area contributed by atoms with Crippen LogP contribution in [0.15, 0.2) is 28.9 Å². The maximum atomic E-state index is 5.46. The molecule has 0 spiro atoms. The van der Waals surface area contributed by atoms with Crippen LogP contribution in [0.25, 0.3) is 11.5 Å². The lowest BCUT2D eigenvalue weighted by atomic mass is 10.2. The largest absolute Gasteiger partial charge is 0.454 e. The summed E-state index contributed by atoms with van der Waals surface area (Å²) < 4.78 is 15.9. The highest BCUT2D eigenvalue weighted by Crippen LogP contribution is 2.35. The second-order valence-electron chi connectivity index (χ2n) is 3.75. The SMILES string of the molecule is NCCc1coc(-c2ccc3c(c2)OCO3)n1. The van der Waals surface area contributed by atoms with Gasteiger partial charge < -0.3 is 19.6 Å². The number of fused-ring (bicyclic) bond motifs is 1. The van der Waals surface area contributed by atoms with E-state index in [1.165, 1.54) is 0 Å². The van der Waals surface area contributed by atoms with Gasteiger partial charge in [-0.1, -0.05) is 0 Å². The maximum Gasteiger partial charge on any atom is 0.231 e. The summed E-state index contributed by atoms with van der Waals surface area (Å²) in [6.07, 6.45) is 2.35. The number of oxazole rings is 1. The van der Waals surface area contributed by atoms with Crippen LogP contribution in [0.4, 0.5) is 0 Å². The zero-order valence-corrected chi connectivity index (χ0v) is 9.18. The number of nitrogens with two attached hydrogens (primary N) is 1. The topological polar surface area (TPSA) is 70.5 Å². The van der Waals surface area contributed by atoms with Crippen molar-refractivity contribution >= 4 is 0 Å². The number of hydrogen-bond acceptors (Lipinski definition) is 5. The fraction of sp³-hybridized carbons (Fsp3) is 0.250. The molecule has 2 aromatic rings. The summed E-state index contributed by atoms with van der Waals surface area (Å²) in [4.78, 5) is 4.35. The molecule has 3 rings (SSSR count). The molecular formula is C12H12N2O3. The van der Waals surface area contributed by atoms with Crippen molar-refractivity contribution in [1.82, 2.24) is 4.98 Å². The minimum absolute atomic E-state index is 0.267. The second-order valence-corrected chi connectivity index (χ2v) is 3.75. The molecule has 17 heavy (non-hydrogen) atoms. The standard InChI is InChI=1S/C12H12N2O3/c13-4-3-9-6-15-12(14-9)8-1-2-10-11(5-8)17-7-16-10/h1-2,5-6H,3-4,7,13H2. The molecule has 5 heteroatoms. The van der Waals surface area contributed by atoms with Gasteiger partial charge in [0, 0.05) is 12.0 Å². The molecule has 0 amide bonds.